The molecule has 0 aromatic heterocycles. The lowest BCUT2D eigenvalue weighted by Gasteiger charge is -2.37. The van der Waals surface area contributed by atoms with E-state index in [-0.39, 0.29) is 29.6 Å². The van der Waals surface area contributed by atoms with Gasteiger partial charge < -0.3 is 15.5 Å². The molecule has 0 bridgehead atoms. The molecule has 2 N–H and O–H groups in total. The van der Waals surface area contributed by atoms with E-state index >= 15 is 0 Å². The first-order chi connectivity index (χ1) is 21.6. The molecule has 0 radical (unpaired) electrons. The molecule has 1 heterocycles. The van der Waals surface area contributed by atoms with Crippen LogP contribution in [0.25, 0.3) is 0 Å². The van der Waals surface area contributed by atoms with Crippen LogP contribution in [-0.2, 0) is 16.0 Å². The summed E-state index contributed by atoms with van der Waals surface area (Å²) < 4.78 is 0. The van der Waals surface area contributed by atoms with Gasteiger partial charge in [-0.1, -0.05) is 91.0 Å². The third-order valence-corrected chi connectivity index (χ3v) is 9.49. The topological polar surface area (TPSA) is 61.4 Å². The van der Waals surface area contributed by atoms with Crippen LogP contribution in [0.3, 0.4) is 0 Å². The van der Waals surface area contributed by atoms with Crippen LogP contribution >= 0.6 is 0 Å². The summed E-state index contributed by atoms with van der Waals surface area (Å²) in [5.41, 5.74) is 7.27. The summed E-state index contributed by atoms with van der Waals surface area (Å²) in [6, 6.07) is 36.5. The largest absolute Gasteiger partial charge is 0.372 e. The molecule has 5 heteroatoms. The number of hydrogen-bond donors (Lipinski definition) is 2. The van der Waals surface area contributed by atoms with Crippen molar-refractivity contribution in [3.05, 3.63) is 150 Å². The van der Waals surface area contributed by atoms with Gasteiger partial charge in [0.15, 0.2) is 0 Å². The lowest BCUT2D eigenvalue weighted by atomic mass is 9.79. The van der Waals surface area contributed by atoms with Gasteiger partial charge in [-0.2, -0.15) is 0 Å². The average molecular weight is 580 g/mol. The van der Waals surface area contributed by atoms with Gasteiger partial charge in [0.2, 0.25) is 5.91 Å². The highest BCUT2D eigenvalue weighted by atomic mass is 16.2. The van der Waals surface area contributed by atoms with E-state index in [4.69, 9.17) is 0 Å². The smallest absolute Gasteiger partial charge is 0.252 e. The summed E-state index contributed by atoms with van der Waals surface area (Å²) in [6.07, 6.45) is 9.06. The molecule has 1 saturated heterocycles. The quantitative estimate of drug-likeness (QED) is 0.236. The summed E-state index contributed by atoms with van der Waals surface area (Å²) in [5, 5.41) is 6.30. The predicted octanol–water partition coefficient (Wildman–Crippen LogP) is 7.72. The van der Waals surface area contributed by atoms with E-state index in [9.17, 15) is 9.59 Å². The van der Waals surface area contributed by atoms with Gasteiger partial charge in [-0.05, 0) is 84.2 Å². The maximum atomic E-state index is 13.6. The van der Waals surface area contributed by atoms with Gasteiger partial charge in [0.25, 0.3) is 5.91 Å². The van der Waals surface area contributed by atoms with Crippen molar-refractivity contribution < 1.29 is 9.59 Å². The van der Waals surface area contributed by atoms with Gasteiger partial charge in [0.05, 0.1) is 5.92 Å². The van der Waals surface area contributed by atoms with Gasteiger partial charge in [-0.25, -0.2) is 0 Å². The lowest BCUT2D eigenvalue weighted by molar-refractivity contribution is -0.119. The molecule has 2 amide bonds. The van der Waals surface area contributed by atoms with Gasteiger partial charge in [0, 0.05) is 41.6 Å². The first-order valence-electron chi connectivity index (χ1n) is 15.7. The van der Waals surface area contributed by atoms with Gasteiger partial charge in [0.1, 0.15) is 0 Å². The number of carbonyl (C=O) groups is 2. The number of para-hydroxylation sites is 1. The second-order valence-electron chi connectivity index (χ2n) is 12.1. The number of fused-ring (bicyclic) bond motifs is 3. The Morgan fingerprint density at radius 1 is 0.727 bits per heavy atom. The van der Waals surface area contributed by atoms with Crippen LogP contribution in [0.2, 0.25) is 0 Å². The van der Waals surface area contributed by atoms with E-state index in [1.807, 2.05) is 72.8 Å². The molecule has 5 nitrogen and oxygen atoms in total. The fourth-order valence-corrected chi connectivity index (χ4v) is 7.32. The highest BCUT2D eigenvalue weighted by Gasteiger charge is 2.37. The van der Waals surface area contributed by atoms with E-state index in [0.29, 0.717) is 5.92 Å². The second kappa shape index (κ2) is 12.4. The molecule has 220 valence electrons. The SMILES string of the molecule is O=C(Nc1ccc(N2CCC(C(C(=O)Nc3ccccc3)c3ccccc3)CC2)cc1)C1=CC=CC2Cc3ccccc3C12. The van der Waals surface area contributed by atoms with Crippen LogP contribution in [0.1, 0.15) is 41.4 Å². The molecular weight excluding hydrogens is 542 g/mol. The molecule has 3 atom stereocenters. The van der Waals surface area contributed by atoms with Crippen molar-refractivity contribution >= 4 is 28.9 Å². The number of hydrogen-bond acceptors (Lipinski definition) is 3. The third-order valence-electron chi connectivity index (χ3n) is 9.49. The maximum absolute atomic E-state index is 13.6. The number of piperidine rings is 1. The molecular formula is C39H37N3O2. The fraction of sp³-hybridized carbons (Fsp3) is 0.231. The monoisotopic (exact) mass is 579 g/mol. The number of amides is 2. The van der Waals surface area contributed by atoms with E-state index in [2.05, 4.69) is 70.1 Å². The lowest BCUT2D eigenvalue weighted by Crippen LogP contribution is -2.38. The zero-order chi connectivity index (χ0) is 29.9. The molecule has 44 heavy (non-hydrogen) atoms. The van der Waals surface area contributed by atoms with Crippen molar-refractivity contribution in [3.8, 4) is 0 Å². The molecule has 4 aromatic rings. The van der Waals surface area contributed by atoms with Crippen LogP contribution in [-0.4, -0.2) is 24.9 Å². The number of benzene rings is 4. The minimum absolute atomic E-state index is 0.0321. The molecule has 1 fully saturated rings. The van der Waals surface area contributed by atoms with Gasteiger partial charge in [-0.3, -0.25) is 9.59 Å². The molecule has 3 aliphatic rings. The van der Waals surface area contributed by atoms with E-state index in [1.54, 1.807) is 0 Å². The van der Waals surface area contributed by atoms with E-state index in [0.717, 1.165) is 60.6 Å². The Labute approximate surface area is 259 Å². The second-order valence-corrected chi connectivity index (χ2v) is 12.1. The zero-order valence-corrected chi connectivity index (χ0v) is 24.7. The number of nitrogens with one attached hydrogen (secondary N) is 2. The molecule has 0 saturated carbocycles. The number of allylic oxidation sites excluding steroid dienone is 3. The standard InChI is InChI=1S/C39H37N3O2/c43-38(35-17-9-13-30-26-29-12-7-8-16-34(29)37(30)35)40-32-18-20-33(21-19-32)42-24-22-28(23-25-42)36(27-10-3-1-4-11-27)39(44)41-31-14-5-2-6-15-31/h1-21,28,30,36-37H,22-26H2,(H,40,43)(H,41,44). The first-order valence-corrected chi connectivity index (χ1v) is 15.7. The summed E-state index contributed by atoms with van der Waals surface area (Å²) in [5.74, 6) is 0.526. The first kappa shape index (κ1) is 27.9. The Bertz CT molecular complexity index is 1690. The minimum Gasteiger partial charge on any atom is -0.372 e. The molecule has 0 spiro atoms. The Morgan fingerprint density at radius 2 is 1.39 bits per heavy atom. The molecule has 4 aromatic carbocycles. The summed E-state index contributed by atoms with van der Waals surface area (Å²) in [4.78, 5) is 29.4. The number of anilines is 3. The van der Waals surface area contributed by atoms with Crippen LogP contribution in [0, 0.1) is 11.8 Å². The van der Waals surface area contributed by atoms with Crippen LogP contribution in [0.4, 0.5) is 17.1 Å². The van der Waals surface area contributed by atoms with Crippen molar-refractivity contribution in [1.82, 2.24) is 0 Å². The number of rotatable bonds is 7. The Hall–Kier alpha value is -4.90. The summed E-state index contributed by atoms with van der Waals surface area (Å²) >= 11 is 0. The van der Waals surface area contributed by atoms with Crippen molar-refractivity contribution in [2.75, 3.05) is 28.6 Å². The van der Waals surface area contributed by atoms with Crippen LogP contribution in [0.5, 0.6) is 0 Å². The number of carbonyl (C=O) groups excluding carboxylic acids is 2. The predicted molar refractivity (Wildman–Crippen MR) is 178 cm³/mol. The molecule has 7 rings (SSSR count). The zero-order valence-electron chi connectivity index (χ0n) is 24.7. The highest BCUT2D eigenvalue weighted by Crippen LogP contribution is 2.45. The van der Waals surface area contributed by atoms with Crippen molar-refractivity contribution in [2.45, 2.75) is 31.1 Å². The molecule has 1 aliphatic heterocycles. The molecule has 2 aliphatic carbocycles. The van der Waals surface area contributed by atoms with E-state index < -0.39 is 0 Å². The van der Waals surface area contributed by atoms with Crippen molar-refractivity contribution in [1.29, 1.82) is 0 Å². The van der Waals surface area contributed by atoms with Crippen LogP contribution < -0.4 is 15.5 Å². The highest BCUT2D eigenvalue weighted by molar-refractivity contribution is 6.05. The van der Waals surface area contributed by atoms with Gasteiger partial charge >= 0.3 is 0 Å². The van der Waals surface area contributed by atoms with Crippen LogP contribution in [0.15, 0.2) is 133 Å². The fourth-order valence-electron chi connectivity index (χ4n) is 7.32. The Balaban J connectivity index is 0.994. The van der Waals surface area contributed by atoms with Crippen molar-refractivity contribution in [2.24, 2.45) is 11.8 Å². The average Bonchev–Trinajstić information content (AvgIpc) is 3.46. The van der Waals surface area contributed by atoms with Crippen molar-refractivity contribution in [3.63, 3.8) is 0 Å². The summed E-state index contributed by atoms with van der Waals surface area (Å²) in [7, 11) is 0. The Morgan fingerprint density at radius 3 is 2.14 bits per heavy atom. The minimum atomic E-state index is -0.202. The normalized spacial score (nSPS) is 19.8. The third kappa shape index (κ3) is 5.70. The maximum Gasteiger partial charge on any atom is 0.252 e. The Kier molecular flexibility index (Phi) is 7.85. The molecule has 3 unspecified atom stereocenters. The summed E-state index contributed by atoms with van der Waals surface area (Å²) in [6.45, 7) is 1.75. The van der Waals surface area contributed by atoms with Gasteiger partial charge in [-0.15, -0.1) is 0 Å². The van der Waals surface area contributed by atoms with E-state index in [1.165, 1.54) is 11.1 Å². The number of nitrogens with zero attached hydrogens (tertiary/aromatic N) is 1.